The van der Waals surface area contributed by atoms with Crippen LogP contribution in [0.4, 0.5) is 5.82 Å². The van der Waals surface area contributed by atoms with Gasteiger partial charge in [0, 0.05) is 37.5 Å². The fourth-order valence-electron chi connectivity index (χ4n) is 2.11. The smallest absolute Gasteiger partial charge is 0.253 e. The van der Waals surface area contributed by atoms with E-state index in [9.17, 15) is 4.79 Å². The molecule has 0 aliphatic carbocycles. The van der Waals surface area contributed by atoms with E-state index in [2.05, 4.69) is 4.98 Å². The van der Waals surface area contributed by atoms with Gasteiger partial charge in [0.05, 0.1) is 5.02 Å². The van der Waals surface area contributed by atoms with Gasteiger partial charge in [-0.25, -0.2) is 4.98 Å². The number of halogens is 1. The van der Waals surface area contributed by atoms with Crippen LogP contribution in [0.15, 0.2) is 36.5 Å². The van der Waals surface area contributed by atoms with E-state index in [0.29, 0.717) is 22.9 Å². The molecule has 0 atom stereocenters. The van der Waals surface area contributed by atoms with E-state index in [1.54, 1.807) is 24.2 Å². The average molecular weight is 333 g/mol. The van der Waals surface area contributed by atoms with Gasteiger partial charge in [0.15, 0.2) is 0 Å². The van der Waals surface area contributed by atoms with E-state index in [0.717, 1.165) is 17.7 Å². The van der Waals surface area contributed by atoms with Crippen LogP contribution in [0, 0.1) is 0 Å². The van der Waals surface area contributed by atoms with Crippen LogP contribution in [0.3, 0.4) is 0 Å². The molecule has 0 aliphatic heterocycles. The van der Waals surface area contributed by atoms with Crippen LogP contribution in [0.5, 0.6) is 0 Å². The van der Waals surface area contributed by atoms with E-state index < -0.39 is 0 Å². The number of rotatable bonds is 5. The summed E-state index contributed by atoms with van der Waals surface area (Å²) in [5.41, 5.74) is 7.98. The Labute approximate surface area is 141 Å². The van der Waals surface area contributed by atoms with Crippen molar-refractivity contribution in [1.29, 1.82) is 0 Å². The number of nitrogen functional groups attached to an aromatic ring is 1. The second-order valence-electron chi connectivity index (χ2n) is 5.70. The Bertz CT molecular complexity index is 703. The number of aromatic nitrogens is 1. The Morgan fingerprint density at radius 2 is 1.91 bits per heavy atom. The number of hydrogen-bond donors (Lipinski definition) is 1. The Morgan fingerprint density at radius 3 is 2.57 bits per heavy atom. The van der Waals surface area contributed by atoms with Crippen LogP contribution < -0.4 is 5.73 Å². The number of carbonyl (C=O) groups excluding carboxylic acids is 1. The Hall–Kier alpha value is -2.11. The maximum Gasteiger partial charge on any atom is 0.253 e. The van der Waals surface area contributed by atoms with E-state index >= 15 is 0 Å². The Morgan fingerprint density at radius 1 is 1.17 bits per heavy atom. The third-order valence-electron chi connectivity index (χ3n) is 3.54. The van der Waals surface area contributed by atoms with Crippen LogP contribution in [-0.2, 0) is 0 Å². The van der Waals surface area contributed by atoms with Gasteiger partial charge in [-0.15, -0.1) is 0 Å². The molecule has 0 saturated heterocycles. The summed E-state index contributed by atoms with van der Waals surface area (Å²) in [5.74, 6) is 0.286. The van der Waals surface area contributed by atoms with Gasteiger partial charge in [0.1, 0.15) is 5.82 Å². The molecule has 23 heavy (non-hydrogen) atoms. The number of pyridine rings is 1. The first-order valence-electron chi connectivity index (χ1n) is 7.30. The summed E-state index contributed by atoms with van der Waals surface area (Å²) in [5, 5.41) is 0.405. The highest BCUT2D eigenvalue weighted by Crippen LogP contribution is 2.25. The fourth-order valence-corrected chi connectivity index (χ4v) is 2.28. The summed E-state index contributed by atoms with van der Waals surface area (Å²) in [6.45, 7) is 1.49. The number of likely N-dealkylation sites (N-methyl/N-ethyl adjacent to an activating group) is 2. The van der Waals surface area contributed by atoms with Crippen molar-refractivity contribution < 1.29 is 4.79 Å². The van der Waals surface area contributed by atoms with E-state index in [4.69, 9.17) is 17.3 Å². The zero-order valence-electron chi connectivity index (χ0n) is 13.6. The largest absolute Gasteiger partial charge is 0.382 e. The molecule has 1 aromatic carbocycles. The number of anilines is 1. The number of nitrogens with zero attached hydrogens (tertiary/aromatic N) is 3. The van der Waals surface area contributed by atoms with Crippen molar-refractivity contribution >= 4 is 23.3 Å². The number of hydrogen-bond acceptors (Lipinski definition) is 4. The molecule has 0 saturated carbocycles. The lowest BCUT2D eigenvalue weighted by molar-refractivity contribution is 0.0786. The third-order valence-corrected chi connectivity index (χ3v) is 3.84. The molecule has 0 fully saturated rings. The molecular weight excluding hydrogens is 312 g/mol. The summed E-state index contributed by atoms with van der Waals surface area (Å²) in [6.07, 6.45) is 1.65. The lowest BCUT2D eigenvalue weighted by Crippen LogP contribution is -2.33. The molecule has 0 unspecified atom stereocenters. The van der Waals surface area contributed by atoms with Crippen LogP contribution in [0.1, 0.15) is 10.4 Å². The summed E-state index contributed by atoms with van der Waals surface area (Å²) in [4.78, 5) is 20.3. The van der Waals surface area contributed by atoms with Crippen LogP contribution in [0.25, 0.3) is 11.1 Å². The normalized spacial score (nSPS) is 10.8. The lowest BCUT2D eigenvalue weighted by Gasteiger charge is -2.20. The van der Waals surface area contributed by atoms with E-state index in [1.807, 2.05) is 43.3 Å². The highest BCUT2D eigenvalue weighted by molar-refractivity contribution is 6.33. The standard InChI is InChI=1S/C17H21ClN4O/c1-21(2)7-8-22(3)17(23)13-6-4-5-12(9-13)14-10-15(18)16(19)20-11-14/h4-6,9-11H,7-8H2,1-3H3,(H2,19,20). The predicted molar refractivity (Wildman–Crippen MR) is 94.6 cm³/mol. The lowest BCUT2D eigenvalue weighted by atomic mass is 10.0. The molecule has 2 aromatic rings. The van der Waals surface area contributed by atoms with Gasteiger partial charge < -0.3 is 15.5 Å². The minimum absolute atomic E-state index is 0.0109. The maximum atomic E-state index is 12.5. The zero-order valence-corrected chi connectivity index (χ0v) is 14.3. The van der Waals surface area contributed by atoms with Gasteiger partial charge in [-0.3, -0.25) is 4.79 Å². The van der Waals surface area contributed by atoms with Crippen LogP contribution in [0.2, 0.25) is 5.02 Å². The van der Waals surface area contributed by atoms with Crippen molar-refractivity contribution in [2.24, 2.45) is 0 Å². The van der Waals surface area contributed by atoms with Gasteiger partial charge in [-0.1, -0.05) is 23.7 Å². The molecule has 0 spiro atoms. The summed E-state index contributed by atoms with van der Waals surface area (Å²) < 4.78 is 0. The second kappa shape index (κ2) is 7.44. The molecule has 1 heterocycles. The van der Waals surface area contributed by atoms with Crippen molar-refractivity contribution in [2.75, 3.05) is 40.0 Å². The molecule has 1 amide bonds. The molecule has 0 radical (unpaired) electrons. The molecule has 5 nitrogen and oxygen atoms in total. The van der Waals surface area contributed by atoms with E-state index in [-0.39, 0.29) is 5.91 Å². The van der Waals surface area contributed by atoms with E-state index in [1.165, 1.54) is 0 Å². The van der Waals surface area contributed by atoms with Crippen LogP contribution in [-0.4, -0.2) is 54.9 Å². The van der Waals surface area contributed by atoms with Crippen molar-refractivity contribution in [3.63, 3.8) is 0 Å². The number of carbonyl (C=O) groups is 1. The molecule has 0 aliphatic rings. The zero-order chi connectivity index (χ0) is 17.0. The average Bonchev–Trinajstić information content (AvgIpc) is 2.54. The van der Waals surface area contributed by atoms with Gasteiger partial charge >= 0.3 is 0 Å². The van der Waals surface area contributed by atoms with Crippen LogP contribution >= 0.6 is 11.6 Å². The summed E-state index contributed by atoms with van der Waals surface area (Å²) in [7, 11) is 5.77. The molecule has 1 aromatic heterocycles. The number of amides is 1. The van der Waals surface area contributed by atoms with Gasteiger partial charge in [-0.05, 0) is 37.9 Å². The van der Waals surface area contributed by atoms with Crippen molar-refractivity contribution in [3.05, 3.63) is 47.1 Å². The first-order valence-corrected chi connectivity index (χ1v) is 7.68. The molecule has 2 N–H and O–H groups in total. The SMILES string of the molecule is CN(C)CCN(C)C(=O)c1cccc(-c2cnc(N)c(Cl)c2)c1. The van der Waals surface area contributed by atoms with Crippen molar-refractivity contribution in [1.82, 2.24) is 14.8 Å². The molecule has 122 valence electrons. The predicted octanol–water partition coefficient (Wildman–Crippen LogP) is 2.62. The summed E-state index contributed by atoms with van der Waals surface area (Å²) in [6, 6.07) is 9.18. The number of benzene rings is 1. The molecular formula is C17H21ClN4O. The highest BCUT2D eigenvalue weighted by atomic mass is 35.5. The maximum absolute atomic E-state index is 12.5. The number of nitrogens with two attached hydrogens (primary N) is 1. The quantitative estimate of drug-likeness (QED) is 0.914. The van der Waals surface area contributed by atoms with Crippen molar-refractivity contribution in [3.8, 4) is 11.1 Å². The highest BCUT2D eigenvalue weighted by Gasteiger charge is 2.13. The second-order valence-corrected chi connectivity index (χ2v) is 6.11. The monoisotopic (exact) mass is 332 g/mol. The van der Waals surface area contributed by atoms with Crippen molar-refractivity contribution in [2.45, 2.75) is 0 Å². The molecule has 2 rings (SSSR count). The Kier molecular flexibility index (Phi) is 5.58. The summed E-state index contributed by atoms with van der Waals surface area (Å²) >= 11 is 6.02. The first kappa shape index (κ1) is 17.2. The Balaban J connectivity index is 2.22. The minimum Gasteiger partial charge on any atom is -0.382 e. The fraction of sp³-hybridized carbons (Fsp3) is 0.294. The van der Waals surface area contributed by atoms with Gasteiger partial charge in [0.25, 0.3) is 5.91 Å². The van der Waals surface area contributed by atoms with Gasteiger partial charge in [-0.2, -0.15) is 0 Å². The van der Waals surface area contributed by atoms with Gasteiger partial charge in [0.2, 0.25) is 0 Å². The topological polar surface area (TPSA) is 62.5 Å². The third kappa shape index (κ3) is 4.43. The minimum atomic E-state index is -0.0109. The molecule has 0 bridgehead atoms. The molecule has 6 heteroatoms. The first-order chi connectivity index (χ1) is 10.9.